The molecule has 0 radical (unpaired) electrons. The van der Waals surface area contributed by atoms with Crippen LogP contribution < -0.4 is 0 Å². The highest BCUT2D eigenvalue weighted by atomic mass is 19.1. The fraction of sp³-hybridized carbons (Fsp3) is 0.517. The largest absolute Gasteiger partial charge is 0.339 e. The van der Waals surface area contributed by atoms with Gasteiger partial charge in [-0.25, -0.2) is 4.39 Å². The molecule has 6 heteroatoms. The number of carbonyl (C=O) groups excluding carboxylic acids is 2. The molecule has 0 spiro atoms. The molecule has 0 N–H and O–H groups in total. The molecule has 4 aliphatic rings. The molecule has 1 unspecified atom stereocenters. The number of nitrogens with zero attached hydrogens (tertiary/aromatic N) is 3. The molecule has 1 aliphatic carbocycles. The van der Waals surface area contributed by atoms with E-state index in [9.17, 15) is 9.59 Å². The highest BCUT2D eigenvalue weighted by Crippen LogP contribution is 2.33. The Balaban J connectivity index is 1.17. The normalized spacial score (nSPS) is 23.3. The summed E-state index contributed by atoms with van der Waals surface area (Å²) in [5, 5.41) is 0. The summed E-state index contributed by atoms with van der Waals surface area (Å²) in [7, 11) is 0. The molecule has 6 rings (SSSR count). The van der Waals surface area contributed by atoms with Gasteiger partial charge in [0.1, 0.15) is 5.82 Å². The molecule has 2 aromatic rings. The summed E-state index contributed by atoms with van der Waals surface area (Å²) < 4.78 is 15.1. The molecule has 2 aromatic carbocycles. The van der Waals surface area contributed by atoms with Gasteiger partial charge in [-0.2, -0.15) is 0 Å². The lowest BCUT2D eigenvalue weighted by molar-refractivity contribution is 0.0646. The van der Waals surface area contributed by atoms with Crippen LogP contribution in [0.3, 0.4) is 0 Å². The first kappa shape index (κ1) is 22.7. The van der Waals surface area contributed by atoms with Gasteiger partial charge < -0.3 is 9.80 Å². The van der Waals surface area contributed by atoms with E-state index in [2.05, 4.69) is 9.80 Å². The Kier molecular flexibility index (Phi) is 6.09. The number of benzene rings is 2. The molecule has 1 atom stereocenters. The second kappa shape index (κ2) is 9.38. The van der Waals surface area contributed by atoms with Gasteiger partial charge >= 0.3 is 0 Å². The van der Waals surface area contributed by atoms with Crippen LogP contribution in [0.5, 0.6) is 0 Å². The smallest absolute Gasteiger partial charge is 0.254 e. The summed E-state index contributed by atoms with van der Waals surface area (Å²) in [6.45, 7) is 4.32. The van der Waals surface area contributed by atoms with Crippen LogP contribution in [-0.4, -0.2) is 71.3 Å². The molecule has 0 bridgehead atoms. The number of hydrogen-bond donors (Lipinski definition) is 0. The van der Waals surface area contributed by atoms with Crippen LogP contribution in [0, 0.1) is 5.82 Å². The van der Waals surface area contributed by atoms with Gasteiger partial charge in [-0.1, -0.05) is 24.6 Å². The first-order chi connectivity index (χ1) is 17.1. The number of piperidine rings is 1. The monoisotopic (exact) mass is 475 g/mol. The number of amides is 2. The van der Waals surface area contributed by atoms with E-state index in [0.717, 1.165) is 87.6 Å². The number of likely N-dealkylation sites (tertiary alicyclic amines) is 2. The van der Waals surface area contributed by atoms with Gasteiger partial charge in [0, 0.05) is 61.5 Å². The average molecular weight is 476 g/mol. The van der Waals surface area contributed by atoms with Crippen molar-refractivity contribution in [2.75, 3.05) is 32.7 Å². The minimum atomic E-state index is -0.390. The quantitative estimate of drug-likeness (QED) is 0.641. The van der Waals surface area contributed by atoms with Crippen molar-refractivity contribution >= 4 is 11.8 Å². The van der Waals surface area contributed by atoms with Crippen LogP contribution in [0.2, 0.25) is 0 Å². The molecular formula is C29H34FN3O2. The highest BCUT2D eigenvalue weighted by Gasteiger charge is 2.37. The van der Waals surface area contributed by atoms with Crippen LogP contribution in [0.1, 0.15) is 71.2 Å². The minimum Gasteiger partial charge on any atom is -0.339 e. The lowest BCUT2D eigenvalue weighted by Crippen LogP contribution is -2.47. The average Bonchev–Trinajstić information content (AvgIpc) is 3.32. The number of rotatable bonds is 4. The SMILES string of the molecule is O=C(c1ccc(-c2ccc3c(c2)CCN(C2CCN(C4CCC4)C2)C3=O)c(F)c1)N1CCCCC1. The Labute approximate surface area is 206 Å². The van der Waals surface area contributed by atoms with E-state index < -0.39 is 5.82 Å². The maximum atomic E-state index is 15.1. The Bertz CT molecular complexity index is 1140. The molecule has 35 heavy (non-hydrogen) atoms. The predicted octanol–water partition coefficient (Wildman–Crippen LogP) is 4.74. The van der Waals surface area contributed by atoms with Crippen molar-refractivity contribution in [3.8, 4) is 11.1 Å². The van der Waals surface area contributed by atoms with Crippen LogP contribution >= 0.6 is 0 Å². The van der Waals surface area contributed by atoms with Crippen molar-refractivity contribution in [3.63, 3.8) is 0 Å². The minimum absolute atomic E-state index is 0.0888. The maximum Gasteiger partial charge on any atom is 0.254 e. The molecule has 5 nitrogen and oxygen atoms in total. The molecule has 3 fully saturated rings. The third-order valence-corrected chi connectivity index (χ3v) is 8.62. The van der Waals surface area contributed by atoms with E-state index in [0.29, 0.717) is 17.2 Å². The van der Waals surface area contributed by atoms with E-state index in [1.807, 2.05) is 23.1 Å². The van der Waals surface area contributed by atoms with E-state index in [-0.39, 0.29) is 11.8 Å². The van der Waals surface area contributed by atoms with Crippen molar-refractivity contribution in [1.82, 2.24) is 14.7 Å². The standard InChI is InChI=1S/C29H34FN3O2/c30-27-18-22(28(34)31-13-2-1-3-14-31)8-9-25(27)20-7-10-26-21(17-20)11-16-33(29(26)35)24-12-15-32(19-24)23-5-4-6-23/h7-10,17-18,23-24H,1-6,11-16,19H2. The topological polar surface area (TPSA) is 43.9 Å². The van der Waals surface area contributed by atoms with Crippen molar-refractivity contribution in [2.45, 2.75) is 63.5 Å². The molecule has 2 amide bonds. The van der Waals surface area contributed by atoms with Gasteiger partial charge in [0.25, 0.3) is 11.8 Å². The summed E-state index contributed by atoms with van der Waals surface area (Å²) in [5.41, 5.74) is 3.38. The van der Waals surface area contributed by atoms with Crippen molar-refractivity contribution in [2.24, 2.45) is 0 Å². The number of carbonyl (C=O) groups is 2. The molecule has 2 saturated heterocycles. The van der Waals surface area contributed by atoms with Crippen molar-refractivity contribution < 1.29 is 14.0 Å². The van der Waals surface area contributed by atoms with Crippen molar-refractivity contribution in [3.05, 3.63) is 58.9 Å². The Hall–Kier alpha value is -2.73. The second-order valence-corrected chi connectivity index (χ2v) is 10.7. The van der Waals surface area contributed by atoms with Gasteiger partial charge in [0.05, 0.1) is 0 Å². The second-order valence-electron chi connectivity index (χ2n) is 10.7. The number of hydrogen-bond acceptors (Lipinski definition) is 3. The zero-order valence-corrected chi connectivity index (χ0v) is 20.3. The molecule has 3 heterocycles. The maximum absolute atomic E-state index is 15.1. The summed E-state index contributed by atoms with van der Waals surface area (Å²) in [5.74, 6) is -0.367. The van der Waals surface area contributed by atoms with Gasteiger partial charge in [-0.05, 0) is 74.3 Å². The van der Waals surface area contributed by atoms with Crippen molar-refractivity contribution in [1.29, 1.82) is 0 Å². The van der Waals surface area contributed by atoms with Crippen LogP contribution in [-0.2, 0) is 6.42 Å². The molecule has 184 valence electrons. The van der Waals surface area contributed by atoms with E-state index in [4.69, 9.17) is 0 Å². The fourth-order valence-corrected chi connectivity index (χ4v) is 6.29. The molecule has 1 saturated carbocycles. The first-order valence-corrected chi connectivity index (χ1v) is 13.4. The van der Waals surface area contributed by atoms with Gasteiger partial charge in [-0.15, -0.1) is 0 Å². The summed E-state index contributed by atoms with van der Waals surface area (Å²) in [6, 6.07) is 11.5. The van der Waals surface area contributed by atoms with Gasteiger partial charge in [-0.3, -0.25) is 14.5 Å². The first-order valence-electron chi connectivity index (χ1n) is 13.4. The van der Waals surface area contributed by atoms with E-state index in [1.54, 1.807) is 12.1 Å². The van der Waals surface area contributed by atoms with Gasteiger partial charge in [0.15, 0.2) is 0 Å². The Morgan fingerprint density at radius 1 is 0.829 bits per heavy atom. The zero-order chi connectivity index (χ0) is 23.9. The third kappa shape index (κ3) is 4.26. The lowest BCUT2D eigenvalue weighted by atomic mass is 9.91. The number of fused-ring (bicyclic) bond motifs is 1. The zero-order valence-electron chi connectivity index (χ0n) is 20.3. The molecule has 0 aromatic heterocycles. The lowest BCUT2D eigenvalue weighted by Gasteiger charge is -2.37. The van der Waals surface area contributed by atoms with E-state index in [1.165, 1.54) is 25.3 Å². The van der Waals surface area contributed by atoms with E-state index >= 15 is 4.39 Å². The van der Waals surface area contributed by atoms with Gasteiger partial charge in [0.2, 0.25) is 0 Å². The molecule has 3 aliphatic heterocycles. The summed E-state index contributed by atoms with van der Waals surface area (Å²) >= 11 is 0. The van der Waals surface area contributed by atoms with Crippen LogP contribution in [0.4, 0.5) is 4.39 Å². The number of halogens is 1. The Morgan fingerprint density at radius 3 is 2.37 bits per heavy atom. The molecular weight excluding hydrogens is 441 g/mol. The van der Waals surface area contributed by atoms with Crippen LogP contribution in [0.15, 0.2) is 36.4 Å². The van der Waals surface area contributed by atoms with Crippen LogP contribution in [0.25, 0.3) is 11.1 Å². The Morgan fingerprint density at radius 2 is 1.63 bits per heavy atom. The summed E-state index contributed by atoms with van der Waals surface area (Å²) in [4.78, 5) is 32.6. The third-order valence-electron chi connectivity index (χ3n) is 8.62. The highest BCUT2D eigenvalue weighted by molar-refractivity contribution is 5.98. The fourth-order valence-electron chi connectivity index (χ4n) is 6.29. The summed E-state index contributed by atoms with van der Waals surface area (Å²) in [6.07, 6.45) is 8.96. The predicted molar refractivity (Wildman–Crippen MR) is 134 cm³/mol.